The summed E-state index contributed by atoms with van der Waals surface area (Å²) < 4.78 is 0. The monoisotopic (exact) mass is 194 g/mol. The summed E-state index contributed by atoms with van der Waals surface area (Å²) in [6, 6.07) is 0. The van der Waals surface area contributed by atoms with Gasteiger partial charge in [-0.25, -0.2) is 9.97 Å². The molecule has 5 heteroatoms. The first-order valence-electron chi connectivity index (χ1n) is 4.40. The Balaban J connectivity index is 3.07. The van der Waals surface area contributed by atoms with Gasteiger partial charge in [0.1, 0.15) is 11.5 Å². The zero-order valence-electron chi connectivity index (χ0n) is 8.61. The number of nitrogens with zero attached hydrogens (tertiary/aromatic N) is 3. The van der Waals surface area contributed by atoms with Crippen molar-refractivity contribution in [3.63, 3.8) is 0 Å². The van der Waals surface area contributed by atoms with E-state index in [4.69, 9.17) is 5.73 Å². The molecule has 0 bridgehead atoms. The van der Waals surface area contributed by atoms with Crippen molar-refractivity contribution in [2.75, 3.05) is 18.5 Å². The van der Waals surface area contributed by atoms with Crippen LogP contribution in [0.2, 0.25) is 0 Å². The van der Waals surface area contributed by atoms with Gasteiger partial charge < -0.3 is 10.6 Å². The van der Waals surface area contributed by atoms with Crippen molar-refractivity contribution in [1.82, 2.24) is 9.97 Å². The molecule has 0 aromatic carbocycles. The first kappa shape index (κ1) is 10.4. The lowest BCUT2D eigenvalue weighted by atomic mass is 10.3. The van der Waals surface area contributed by atoms with Crippen LogP contribution in [0.15, 0.2) is 6.20 Å². The maximum atomic E-state index is 10.8. The standard InChI is InChI=1S/C9H14N4O/c1-4-13(3)9-6(2)12-7(5-11-9)8(10)14/h5H,4H2,1-3H3,(H2,10,14). The van der Waals surface area contributed by atoms with Crippen LogP contribution < -0.4 is 10.6 Å². The molecule has 1 heterocycles. The fourth-order valence-corrected chi connectivity index (χ4v) is 1.12. The predicted molar refractivity (Wildman–Crippen MR) is 54.2 cm³/mol. The minimum absolute atomic E-state index is 0.204. The van der Waals surface area contributed by atoms with Crippen LogP contribution in [0, 0.1) is 6.92 Å². The number of aryl methyl sites for hydroxylation is 1. The fourth-order valence-electron chi connectivity index (χ4n) is 1.12. The average Bonchev–Trinajstić information content (AvgIpc) is 2.16. The molecule has 0 saturated heterocycles. The van der Waals surface area contributed by atoms with Gasteiger partial charge in [0.2, 0.25) is 0 Å². The zero-order chi connectivity index (χ0) is 10.7. The Kier molecular flexibility index (Phi) is 3.01. The highest BCUT2D eigenvalue weighted by Gasteiger charge is 2.09. The normalized spacial score (nSPS) is 9.93. The number of anilines is 1. The third kappa shape index (κ3) is 1.99. The number of hydrogen-bond donors (Lipinski definition) is 1. The van der Waals surface area contributed by atoms with Crippen molar-refractivity contribution in [2.24, 2.45) is 5.73 Å². The van der Waals surface area contributed by atoms with Gasteiger partial charge in [0.05, 0.1) is 11.9 Å². The number of hydrogen-bond acceptors (Lipinski definition) is 4. The molecule has 0 saturated carbocycles. The quantitative estimate of drug-likeness (QED) is 0.753. The van der Waals surface area contributed by atoms with E-state index in [1.807, 2.05) is 18.9 Å². The summed E-state index contributed by atoms with van der Waals surface area (Å²) in [6.07, 6.45) is 1.40. The van der Waals surface area contributed by atoms with E-state index in [2.05, 4.69) is 9.97 Å². The number of nitrogens with two attached hydrogens (primary N) is 1. The summed E-state index contributed by atoms with van der Waals surface area (Å²) in [6.45, 7) is 4.66. The van der Waals surface area contributed by atoms with E-state index in [0.29, 0.717) is 5.69 Å². The van der Waals surface area contributed by atoms with Crippen molar-refractivity contribution in [1.29, 1.82) is 0 Å². The summed E-state index contributed by atoms with van der Waals surface area (Å²) >= 11 is 0. The number of aromatic nitrogens is 2. The van der Waals surface area contributed by atoms with Gasteiger partial charge >= 0.3 is 0 Å². The van der Waals surface area contributed by atoms with E-state index in [1.54, 1.807) is 6.92 Å². The van der Waals surface area contributed by atoms with Gasteiger partial charge in [-0.05, 0) is 13.8 Å². The highest BCUT2D eigenvalue weighted by molar-refractivity contribution is 5.90. The van der Waals surface area contributed by atoms with Gasteiger partial charge in [0.15, 0.2) is 0 Å². The Labute approximate surface area is 83.0 Å². The molecule has 1 aromatic rings. The molecule has 0 radical (unpaired) electrons. The van der Waals surface area contributed by atoms with E-state index in [9.17, 15) is 4.79 Å². The van der Waals surface area contributed by atoms with Gasteiger partial charge in [0.25, 0.3) is 5.91 Å². The third-order valence-corrected chi connectivity index (χ3v) is 2.01. The predicted octanol–water partition coefficient (Wildman–Crippen LogP) is 0.340. The second kappa shape index (κ2) is 4.04. The van der Waals surface area contributed by atoms with Crippen LogP contribution in [0.5, 0.6) is 0 Å². The molecule has 0 aliphatic rings. The van der Waals surface area contributed by atoms with Gasteiger partial charge in [-0.3, -0.25) is 4.79 Å². The molecule has 0 atom stereocenters. The smallest absolute Gasteiger partial charge is 0.268 e. The molecule has 14 heavy (non-hydrogen) atoms. The SMILES string of the molecule is CCN(C)c1ncc(C(N)=O)nc1C. The molecule has 76 valence electrons. The van der Waals surface area contributed by atoms with Crippen molar-refractivity contribution < 1.29 is 4.79 Å². The van der Waals surface area contributed by atoms with Crippen molar-refractivity contribution in [3.05, 3.63) is 17.6 Å². The molecule has 5 nitrogen and oxygen atoms in total. The van der Waals surface area contributed by atoms with E-state index < -0.39 is 5.91 Å². The molecular weight excluding hydrogens is 180 g/mol. The Bertz CT molecular complexity index is 351. The van der Waals surface area contributed by atoms with Crippen molar-refractivity contribution in [2.45, 2.75) is 13.8 Å². The minimum Gasteiger partial charge on any atom is -0.364 e. The second-order valence-corrected chi connectivity index (χ2v) is 3.04. The molecule has 1 aromatic heterocycles. The molecule has 1 rings (SSSR count). The van der Waals surface area contributed by atoms with E-state index in [1.165, 1.54) is 6.20 Å². The fraction of sp³-hybridized carbons (Fsp3) is 0.444. The number of amides is 1. The molecule has 0 fully saturated rings. The Morgan fingerprint density at radius 2 is 2.29 bits per heavy atom. The molecule has 0 spiro atoms. The third-order valence-electron chi connectivity index (χ3n) is 2.01. The molecule has 0 aliphatic carbocycles. The van der Waals surface area contributed by atoms with Crippen molar-refractivity contribution >= 4 is 11.7 Å². The number of carbonyl (C=O) groups is 1. The molecule has 0 unspecified atom stereocenters. The van der Waals surface area contributed by atoms with Crippen LogP contribution in [0.25, 0.3) is 0 Å². The van der Waals surface area contributed by atoms with E-state index >= 15 is 0 Å². The van der Waals surface area contributed by atoms with Gasteiger partial charge in [-0.15, -0.1) is 0 Å². The largest absolute Gasteiger partial charge is 0.364 e. The van der Waals surface area contributed by atoms with Gasteiger partial charge in [0, 0.05) is 13.6 Å². The molecule has 1 amide bonds. The zero-order valence-corrected chi connectivity index (χ0v) is 8.61. The lowest BCUT2D eigenvalue weighted by Crippen LogP contribution is -2.21. The molecule has 0 aliphatic heterocycles. The van der Waals surface area contributed by atoms with Crippen molar-refractivity contribution in [3.8, 4) is 0 Å². The van der Waals surface area contributed by atoms with Gasteiger partial charge in [-0.1, -0.05) is 0 Å². The summed E-state index contributed by atoms with van der Waals surface area (Å²) in [5.74, 6) is 0.226. The molecule has 2 N–H and O–H groups in total. The lowest BCUT2D eigenvalue weighted by molar-refractivity contribution is 0.0995. The maximum absolute atomic E-state index is 10.8. The first-order valence-corrected chi connectivity index (χ1v) is 4.40. The van der Waals surface area contributed by atoms with Crippen LogP contribution in [0.3, 0.4) is 0 Å². The summed E-state index contributed by atoms with van der Waals surface area (Å²) in [7, 11) is 1.92. The van der Waals surface area contributed by atoms with Crippen LogP contribution >= 0.6 is 0 Å². The van der Waals surface area contributed by atoms with Crippen LogP contribution in [0.4, 0.5) is 5.82 Å². The van der Waals surface area contributed by atoms with E-state index in [0.717, 1.165) is 12.4 Å². The topological polar surface area (TPSA) is 72.1 Å². The second-order valence-electron chi connectivity index (χ2n) is 3.04. The van der Waals surface area contributed by atoms with Crippen LogP contribution in [-0.4, -0.2) is 29.5 Å². The summed E-state index contributed by atoms with van der Waals surface area (Å²) in [4.78, 5) is 21.0. The number of carbonyl (C=O) groups excluding carboxylic acids is 1. The Morgan fingerprint density at radius 3 is 2.71 bits per heavy atom. The Morgan fingerprint density at radius 1 is 1.64 bits per heavy atom. The van der Waals surface area contributed by atoms with Crippen LogP contribution in [-0.2, 0) is 0 Å². The average molecular weight is 194 g/mol. The Hall–Kier alpha value is -1.65. The summed E-state index contributed by atoms with van der Waals surface area (Å²) in [5.41, 5.74) is 6.00. The summed E-state index contributed by atoms with van der Waals surface area (Å²) in [5, 5.41) is 0. The van der Waals surface area contributed by atoms with Gasteiger partial charge in [-0.2, -0.15) is 0 Å². The highest BCUT2D eigenvalue weighted by Crippen LogP contribution is 2.12. The highest BCUT2D eigenvalue weighted by atomic mass is 16.1. The minimum atomic E-state index is -0.550. The maximum Gasteiger partial charge on any atom is 0.268 e. The molecular formula is C9H14N4O. The van der Waals surface area contributed by atoms with Crippen LogP contribution in [0.1, 0.15) is 23.1 Å². The number of rotatable bonds is 3. The number of primary amides is 1. The van der Waals surface area contributed by atoms with E-state index in [-0.39, 0.29) is 5.69 Å². The lowest BCUT2D eigenvalue weighted by Gasteiger charge is -2.17. The first-order chi connectivity index (χ1) is 6.56.